The highest BCUT2D eigenvalue weighted by Crippen LogP contribution is 2.27. The summed E-state index contributed by atoms with van der Waals surface area (Å²) < 4.78 is 0. The number of nitrogens with zero attached hydrogens (tertiary/aromatic N) is 1. The Morgan fingerprint density at radius 3 is 2.48 bits per heavy atom. The van der Waals surface area contributed by atoms with Crippen molar-refractivity contribution in [1.29, 1.82) is 0 Å². The van der Waals surface area contributed by atoms with Crippen molar-refractivity contribution in [3.8, 4) is 0 Å². The molecule has 0 bridgehead atoms. The van der Waals surface area contributed by atoms with Crippen LogP contribution >= 0.6 is 0 Å². The second kappa shape index (κ2) is 7.49. The smallest absolute Gasteiger partial charge is 0.233 e. The van der Waals surface area contributed by atoms with Gasteiger partial charge in [0.1, 0.15) is 0 Å². The molecule has 2 aromatic rings. The summed E-state index contributed by atoms with van der Waals surface area (Å²) in [6, 6.07) is 16.2. The predicted molar refractivity (Wildman–Crippen MR) is 108 cm³/mol. The monoisotopic (exact) mass is 360 g/mol. The number of Topliss-reactive ketones (excluding diaryl/α,β-unsaturated/α-hetero) is 1. The summed E-state index contributed by atoms with van der Waals surface area (Å²) in [7, 11) is 0. The SMILES string of the molecule is CC1CCCCN1Cc1ccc(NC2=CC(=O)C(=O)c3ccccc32)cc1. The first kappa shape index (κ1) is 17.7. The van der Waals surface area contributed by atoms with Crippen LogP contribution in [0.5, 0.6) is 0 Å². The van der Waals surface area contributed by atoms with Gasteiger partial charge in [0.15, 0.2) is 0 Å². The normalized spacial score (nSPS) is 20.2. The fourth-order valence-electron chi connectivity index (χ4n) is 3.90. The fraction of sp³-hybridized carbons (Fsp3) is 0.304. The summed E-state index contributed by atoms with van der Waals surface area (Å²) in [5.74, 6) is -0.922. The number of ketones is 2. The molecule has 1 heterocycles. The molecule has 1 unspecified atom stereocenters. The molecule has 0 aromatic heterocycles. The molecule has 1 aliphatic carbocycles. The van der Waals surface area contributed by atoms with Gasteiger partial charge in [-0.1, -0.05) is 42.8 Å². The topological polar surface area (TPSA) is 49.4 Å². The van der Waals surface area contributed by atoms with E-state index in [1.54, 1.807) is 12.1 Å². The van der Waals surface area contributed by atoms with Gasteiger partial charge in [0.05, 0.1) is 5.70 Å². The minimum Gasteiger partial charge on any atom is -0.355 e. The summed E-state index contributed by atoms with van der Waals surface area (Å²) in [6.45, 7) is 4.45. The van der Waals surface area contributed by atoms with E-state index in [1.807, 2.05) is 24.3 Å². The highest BCUT2D eigenvalue weighted by atomic mass is 16.2. The van der Waals surface area contributed by atoms with Crippen LogP contribution in [0.1, 0.15) is 47.7 Å². The molecule has 4 nitrogen and oxygen atoms in total. The summed E-state index contributed by atoms with van der Waals surface area (Å²) in [6.07, 6.45) is 5.29. The van der Waals surface area contributed by atoms with Crippen molar-refractivity contribution >= 4 is 23.0 Å². The quantitative estimate of drug-likeness (QED) is 0.827. The number of carbonyl (C=O) groups excluding carboxylic acids is 2. The molecule has 4 heteroatoms. The van der Waals surface area contributed by atoms with E-state index in [1.165, 1.54) is 37.4 Å². The van der Waals surface area contributed by atoms with E-state index < -0.39 is 11.6 Å². The van der Waals surface area contributed by atoms with Gasteiger partial charge >= 0.3 is 0 Å². The van der Waals surface area contributed by atoms with Crippen LogP contribution in [-0.2, 0) is 11.3 Å². The van der Waals surface area contributed by atoms with Crippen LogP contribution in [0, 0.1) is 0 Å². The van der Waals surface area contributed by atoms with Gasteiger partial charge < -0.3 is 5.32 Å². The minimum atomic E-state index is -0.480. The molecule has 1 aliphatic heterocycles. The van der Waals surface area contributed by atoms with E-state index >= 15 is 0 Å². The number of hydrogen-bond acceptors (Lipinski definition) is 4. The summed E-state index contributed by atoms with van der Waals surface area (Å²) in [5, 5.41) is 3.30. The molecule has 1 saturated heterocycles. The maximum atomic E-state index is 12.0. The van der Waals surface area contributed by atoms with Crippen LogP contribution < -0.4 is 5.32 Å². The number of hydrogen-bond donors (Lipinski definition) is 1. The molecule has 1 fully saturated rings. The molecule has 0 amide bonds. The fourth-order valence-corrected chi connectivity index (χ4v) is 3.90. The average molecular weight is 360 g/mol. The Bertz CT molecular complexity index is 899. The number of nitrogens with one attached hydrogen (secondary N) is 1. The highest BCUT2D eigenvalue weighted by Gasteiger charge is 2.25. The molecule has 0 saturated carbocycles. The summed E-state index contributed by atoms with van der Waals surface area (Å²) in [5.41, 5.74) is 4.11. The number of anilines is 1. The first-order valence-electron chi connectivity index (χ1n) is 9.61. The number of carbonyl (C=O) groups is 2. The third-order valence-electron chi connectivity index (χ3n) is 5.52. The van der Waals surface area contributed by atoms with Crippen molar-refractivity contribution in [2.45, 2.75) is 38.8 Å². The van der Waals surface area contributed by atoms with Gasteiger partial charge in [-0.25, -0.2) is 0 Å². The van der Waals surface area contributed by atoms with Crippen LogP contribution in [0.3, 0.4) is 0 Å². The van der Waals surface area contributed by atoms with Crippen molar-refractivity contribution in [2.24, 2.45) is 0 Å². The predicted octanol–water partition coefficient (Wildman–Crippen LogP) is 4.28. The molecule has 4 rings (SSSR count). The van der Waals surface area contributed by atoms with Gasteiger partial charge in [-0.05, 0) is 44.0 Å². The Labute approximate surface area is 159 Å². The van der Waals surface area contributed by atoms with Crippen LogP contribution in [0.2, 0.25) is 0 Å². The number of benzene rings is 2. The molecule has 0 radical (unpaired) electrons. The lowest BCUT2D eigenvalue weighted by atomic mass is 9.92. The first-order valence-corrected chi connectivity index (χ1v) is 9.61. The molecular formula is C23H24N2O2. The van der Waals surface area contributed by atoms with Crippen LogP contribution in [0.25, 0.3) is 5.70 Å². The van der Waals surface area contributed by atoms with E-state index in [2.05, 4.69) is 29.3 Å². The van der Waals surface area contributed by atoms with Gasteiger partial charge in [0, 0.05) is 35.5 Å². The zero-order valence-electron chi connectivity index (χ0n) is 15.6. The minimum absolute atomic E-state index is 0.442. The standard InChI is InChI=1S/C23H24N2O2/c1-16-6-4-5-13-25(16)15-17-9-11-18(12-10-17)24-21-14-22(26)23(27)20-8-3-2-7-19(20)21/h2-3,7-12,14,16,24H,4-6,13,15H2,1H3. The van der Waals surface area contributed by atoms with Crippen LogP contribution in [0.15, 0.2) is 54.6 Å². The Morgan fingerprint density at radius 2 is 1.74 bits per heavy atom. The highest BCUT2D eigenvalue weighted by molar-refractivity contribution is 6.50. The Kier molecular flexibility index (Phi) is 4.90. The van der Waals surface area contributed by atoms with Crippen molar-refractivity contribution < 1.29 is 9.59 Å². The Morgan fingerprint density at radius 1 is 1.00 bits per heavy atom. The molecule has 2 aliphatic rings. The third-order valence-corrected chi connectivity index (χ3v) is 5.52. The molecule has 138 valence electrons. The van der Waals surface area contributed by atoms with Gasteiger partial charge in [0.25, 0.3) is 0 Å². The maximum absolute atomic E-state index is 12.0. The summed E-state index contributed by atoms with van der Waals surface area (Å²) >= 11 is 0. The lowest BCUT2D eigenvalue weighted by molar-refractivity contribution is -0.111. The maximum Gasteiger partial charge on any atom is 0.233 e. The third kappa shape index (κ3) is 3.71. The van der Waals surface area contributed by atoms with E-state index in [0.29, 0.717) is 17.3 Å². The van der Waals surface area contributed by atoms with E-state index in [9.17, 15) is 9.59 Å². The lowest BCUT2D eigenvalue weighted by Gasteiger charge is -2.33. The average Bonchev–Trinajstić information content (AvgIpc) is 2.69. The van der Waals surface area contributed by atoms with Gasteiger partial charge in [-0.15, -0.1) is 0 Å². The van der Waals surface area contributed by atoms with Gasteiger partial charge in [-0.3, -0.25) is 14.5 Å². The van der Waals surface area contributed by atoms with E-state index in [-0.39, 0.29) is 0 Å². The number of rotatable bonds is 4. The van der Waals surface area contributed by atoms with E-state index in [4.69, 9.17) is 0 Å². The van der Waals surface area contributed by atoms with Crippen LogP contribution in [-0.4, -0.2) is 29.1 Å². The van der Waals surface area contributed by atoms with Gasteiger partial charge in [-0.2, -0.15) is 0 Å². The lowest BCUT2D eigenvalue weighted by Crippen LogP contribution is -2.36. The molecule has 1 N–H and O–H groups in total. The van der Waals surface area contributed by atoms with Gasteiger partial charge in [0.2, 0.25) is 11.6 Å². The van der Waals surface area contributed by atoms with Crippen LogP contribution in [0.4, 0.5) is 5.69 Å². The van der Waals surface area contributed by atoms with Crippen molar-refractivity contribution in [3.05, 3.63) is 71.3 Å². The number of likely N-dealkylation sites (tertiary alicyclic amines) is 1. The second-order valence-electron chi connectivity index (χ2n) is 7.43. The largest absolute Gasteiger partial charge is 0.355 e. The zero-order chi connectivity index (χ0) is 18.8. The number of piperidine rings is 1. The molecule has 0 spiro atoms. The second-order valence-corrected chi connectivity index (χ2v) is 7.43. The Hall–Kier alpha value is -2.72. The van der Waals surface area contributed by atoms with Crippen molar-refractivity contribution in [1.82, 2.24) is 4.90 Å². The Balaban J connectivity index is 1.49. The van der Waals surface area contributed by atoms with Crippen molar-refractivity contribution in [3.63, 3.8) is 0 Å². The molecule has 2 aromatic carbocycles. The zero-order valence-corrected chi connectivity index (χ0v) is 15.6. The first-order chi connectivity index (χ1) is 13.1. The number of fused-ring (bicyclic) bond motifs is 1. The molecule has 27 heavy (non-hydrogen) atoms. The molecular weight excluding hydrogens is 336 g/mol. The van der Waals surface area contributed by atoms with E-state index in [0.717, 1.165) is 17.8 Å². The summed E-state index contributed by atoms with van der Waals surface area (Å²) in [4.78, 5) is 26.6. The van der Waals surface area contributed by atoms with Crippen molar-refractivity contribution in [2.75, 3.05) is 11.9 Å². The molecule has 1 atom stereocenters. The number of allylic oxidation sites excluding steroid dienone is 1.